The van der Waals surface area contributed by atoms with Crippen LogP contribution in [0.1, 0.15) is 5.56 Å². The summed E-state index contributed by atoms with van der Waals surface area (Å²) < 4.78 is 0. The molecule has 0 aliphatic carbocycles. The van der Waals surface area contributed by atoms with Crippen LogP contribution in [0.2, 0.25) is 0 Å². The number of benzene rings is 1. The highest BCUT2D eigenvalue weighted by Crippen LogP contribution is 2.03. The summed E-state index contributed by atoms with van der Waals surface area (Å²) in [7, 11) is 0. The molecule has 0 aliphatic heterocycles. The van der Waals surface area contributed by atoms with Gasteiger partial charge in [-0.05, 0) is 24.3 Å². The summed E-state index contributed by atoms with van der Waals surface area (Å²) in [6, 6.07) is 6.88. The minimum absolute atomic E-state index is 0. The van der Waals surface area contributed by atoms with E-state index in [1.807, 2.05) is 0 Å². The molecule has 76 valence electrons. The summed E-state index contributed by atoms with van der Waals surface area (Å²) in [5.74, 6) is 0.0694. The molecule has 0 bridgehead atoms. The van der Waals surface area contributed by atoms with Crippen LogP contribution in [0, 0.1) is 5.41 Å². The molecule has 0 unspecified atom stereocenters. The molecular formula is C7H12Cl3N3. The van der Waals surface area contributed by atoms with Crippen LogP contribution in [0.15, 0.2) is 24.3 Å². The fraction of sp³-hybridized carbons (Fsp3) is 0. The van der Waals surface area contributed by atoms with Gasteiger partial charge in [-0.25, -0.2) is 0 Å². The van der Waals surface area contributed by atoms with Crippen LogP contribution in [-0.2, 0) is 0 Å². The largest absolute Gasteiger partial charge is 0.399 e. The van der Waals surface area contributed by atoms with Crippen LogP contribution in [0.5, 0.6) is 0 Å². The van der Waals surface area contributed by atoms with Crippen molar-refractivity contribution in [3.63, 3.8) is 0 Å². The highest BCUT2D eigenvalue weighted by molar-refractivity contribution is 5.95. The highest BCUT2D eigenvalue weighted by atomic mass is 35.5. The summed E-state index contributed by atoms with van der Waals surface area (Å²) in [4.78, 5) is 0. The summed E-state index contributed by atoms with van der Waals surface area (Å²) in [6.07, 6.45) is 0. The maximum atomic E-state index is 7.04. The molecule has 0 spiro atoms. The second kappa shape index (κ2) is 7.98. The van der Waals surface area contributed by atoms with Gasteiger partial charge in [0.25, 0.3) is 0 Å². The Labute approximate surface area is 95.6 Å². The lowest BCUT2D eigenvalue weighted by Gasteiger charge is -1.96. The van der Waals surface area contributed by atoms with Crippen LogP contribution in [0.4, 0.5) is 5.69 Å². The van der Waals surface area contributed by atoms with Crippen molar-refractivity contribution < 1.29 is 0 Å². The monoisotopic (exact) mass is 243 g/mol. The Morgan fingerprint density at radius 1 is 1.00 bits per heavy atom. The normalized spacial score (nSPS) is 7.08. The van der Waals surface area contributed by atoms with E-state index in [-0.39, 0.29) is 43.1 Å². The predicted octanol–water partition coefficient (Wildman–Crippen LogP) is 1.82. The van der Waals surface area contributed by atoms with E-state index in [1.165, 1.54) is 0 Å². The first-order valence-electron chi connectivity index (χ1n) is 2.90. The predicted molar refractivity (Wildman–Crippen MR) is 63.6 cm³/mol. The van der Waals surface area contributed by atoms with Gasteiger partial charge in [0.15, 0.2) is 0 Å². The Hall–Kier alpha value is -0.640. The first kappa shape index (κ1) is 18.2. The zero-order valence-corrected chi connectivity index (χ0v) is 9.14. The number of nitrogen functional groups attached to an aromatic ring is 2. The third kappa shape index (κ3) is 5.58. The van der Waals surface area contributed by atoms with Crippen molar-refractivity contribution in [2.75, 3.05) is 5.73 Å². The molecule has 0 radical (unpaired) electrons. The summed E-state index contributed by atoms with van der Waals surface area (Å²) in [6.45, 7) is 0. The van der Waals surface area contributed by atoms with Gasteiger partial charge < -0.3 is 11.5 Å². The Kier molecular flexibility index (Phi) is 11.2. The molecule has 1 aromatic rings. The summed E-state index contributed by atoms with van der Waals surface area (Å²) >= 11 is 0. The Balaban J connectivity index is -0.000000333. The quantitative estimate of drug-likeness (QED) is 0.400. The molecule has 0 saturated carbocycles. The number of nitrogens with one attached hydrogen (secondary N) is 1. The molecule has 3 nitrogen and oxygen atoms in total. The molecule has 0 aromatic heterocycles. The van der Waals surface area contributed by atoms with Gasteiger partial charge in [0.05, 0.1) is 0 Å². The van der Waals surface area contributed by atoms with Gasteiger partial charge in [0.2, 0.25) is 0 Å². The van der Waals surface area contributed by atoms with Gasteiger partial charge in [-0.2, -0.15) is 0 Å². The van der Waals surface area contributed by atoms with Crippen molar-refractivity contribution in [3.8, 4) is 0 Å². The average Bonchev–Trinajstić information content (AvgIpc) is 1.88. The van der Waals surface area contributed by atoms with Gasteiger partial charge in [-0.15, -0.1) is 37.2 Å². The standard InChI is InChI=1S/C7H9N3.3ClH/c8-6-3-1-5(2-4-6)7(9)10;;;/h1-4H,8H2,(H3,9,10);3*1H. The molecule has 0 heterocycles. The van der Waals surface area contributed by atoms with Gasteiger partial charge in [0, 0.05) is 11.3 Å². The minimum Gasteiger partial charge on any atom is -0.399 e. The van der Waals surface area contributed by atoms with Crippen LogP contribution >= 0.6 is 37.2 Å². The molecular weight excluding hydrogens is 232 g/mol. The van der Waals surface area contributed by atoms with Crippen LogP contribution in [0.25, 0.3) is 0 Å². The van der Waals surface area contributed by atoms with Crippen LogP contribution < -0.4 is 11.5 Å². The topological polar surface area (TPSA) is 75.9 Å². The second-order valence-corrected chi connectivity index (χ2v) is 2.04. The number of hydrogen-bond acceptors (Lipinski definition) is 2. The lowest BCUT2D eigenvalue weighted by molar-refractivity contribution is 1.42. The SMILES string of the molecule is Cl.Cl.Cl.N=C(N)c1ccc(N)cc1. The van der Waals surface area contributed by atoms with E-state index >= 15 is 0 Å². The molecule has 0 aliphatic rings. The maximum Gasteiger partial charge on any atom is 0.122 e. The number of rotatable bonds is 1. The number of anilines is 1. The average molecular weight is 245 g/mol. The van der Waals surface area contributed by atoms with Crippen molar-refractivity contribution in [1.82, 2.24) is 0 Å². The van der Waals surface area contributed by atoms with Crippen LogP contribution in [0.3, 0.4) is 0 Å². The van der Waals surface area contributed by atoms with E-state index in [0.717, 1.165) is 0 Å². The highest BCUT2D eigenvalue weighted by Gasteiger charge is 1.92. The smallest absolute Gasteiger partial charge is 0.122 e. The number of nitrogens with two attached hydrogens (primary N) is 2. The molecule has 13 heavy (non-hydrogen) atoms. The van der Waals surface area contributed by atoms with Crippen molar-refractivity contribution >= 4 is 48.7 Å². The summed E-state index contributed by atoms with van der Waals surface area (Å²) in [5.41, 5.74) is 12.0. The zero-order valence-electron chi connectivity index (χ0n) is 6.69. The fourth-order valence-electron chi connectivity index (χ4n) is 0.663. The van der Waals surface area contributed by atoms with E-state index in [4.69, 9.17) is 16.9 Å². The molecule has 0 fully saturated rings. The molecule has 0 saturated heterocycles. The first-order chi connectivity index (χ1) is 4.70. The van der Waals surface area contributed by atoms with Crippen LogP contribution in [-0.4, -0.2) is 5.84 Å². The maximum absolute atomic E-state index is 7.04. The molecule has 6 heteroatoms. The third-order valence-electron chi connectivity index (χ3n) is 1.22. The Morgan fingerprint density at radius 2 is 1.38 bits per heavy atom. The number of amidine groups is 1. The van der Waals surface area contributed by atoms with E-state index in [2.05, 4.69) is 0 Å². The van der Waals surface area contributed by atoms with E-state index in [0.29, 0.717) is 11.3 Å². The molecule has 0 atom stereocenters. The zero-order chi connectivity index (χ0) is 7.56. The summed E-state index contributed by atoms with van der Waals surface area (Å²) in [5, 5.41) is 7.04. The van der Waals surface area contributed by atoms with E-state index in [9.17, 15) is 0 Å². The lowest BCUT2D eigenvalue weighted by Crippen LogP contribution is -2.10. The van der Waals surface area contributed by atoms with Crippen molar-refractivity contribution in [2.45, 2.75) is 0 Å². The van der Waals surface area contributed by atoms with Crippen molar-refractivity contribution in [1.29, 1.82) is 5.41 Å². The van der Waals surface area contributed by atoms with Gasteiger partial charge in [0.1, 0.15) is 5.84 Å². The Bertz CT molecular complexity index is 248. The second-order valence-electron chi connectivity index (χ2n) is 2.04. The first-order valence-corrected chi connectivity index (χ1v) is 2.90. The molecule has 1 rings (SSSR count). The van der Waals surface area contributed by atoms with E-state index < -0.39 is 0 Å². The minimum atomic E-state index is 0. The lowest BCUT2D eigenvalue weighted by atomic mass is 10.2. The number of halogens is 3. The van der Waals surface area contributed by atoms with Gasteiger partial charge in [-0.1, -0.05) is 0 Å². The molecule has 1 aromatic carbocycles. The van der Waals surface area contributed by atoms with Crippen molar-refractivity contribution in [3.05, 3.63) is 29.8 Å². The molecule has 0 amide bonds. The molecule has 5 N–H and O–H groups in total. The van der Waals surface area contributed by atoms with E-state index in [1.54, 1.807) is 24.3 Å². The fourth-order valence-corrected chi connectivity index (χ4v) is 0.663. The van der Waals surface area contributed by atoms with Gasteiger partial charge >= 0.3 is 0 Å². The van der Waals surface area contributed by atoms with Gasteiger partial charge in [-0.3, -0.25) is 5.41 Å². The number of hydrogen-bond donors (Lipinski definition) is 3. The third-order valence-corrected chi connectivity index (χ3v) is 1.22. The Morgan fingerprint density at radius 3 is 1.69 bits per heavy atom. The van der Waals surface area contributed by atoms with Crippen molar-refractivity contribution in [2.24, 2.45) is 5.73 Å².